The smallest absolute Gasteiger partial charge is 0.157 e. The van der Waals surface area contributed by atoms with Gasteiger partial charge in [-0.3, -0.25) is 0 Å². The molecule has 1 aliphatic heterocycles. The molecule has 0 amide bonds. The minimum Gasteiger partial charge on any atom is -0.486 e. The van der Waals surface area contributed by atoms with Gasteiger partial charge < -0.3 is 24.2 Å². The number of anilines is 3. The molecule has 1 aromatic heterocycles. The van der Waals surface area contributed by atoms with Crippen molar-refractivity contribution in [2.45, 2.75) is 32.2 Å². The van der Waals surface area contributed by atoms with Gasteiger partial charge in [0, 0.05) is 46.6 Å². The highest BCUT2D eigenvalue weighted by atomic mass is 32.2. The summed E-state index contributed by atoms with van der Waals surface area (Å²) in [6, 6.07) is 7.96. The highest BCUT2D eigenvalue weighted by Gasteiger charge is 2.24. The Labute approximate surface area is 192 Å². The number of hydrogen-bond donors (Lipinski definition) is 2. The predicted octanol–water partition coefficient (Wildman–Crippen LogP) is 4.02. The fourth-order valence-electron chi connectivity index (χ4n) is 3.78. The Kier molecular flexibility index (Phi) is 6.68. The number of fused-ring (bicyclic) bond motifs is 1. The molecule has 3 unspecified atom stereocenters. The fourth-order valence-corrected chi connectivity index (χ4v) is 4.40. The second-order valence-corrected chi connectivity index (χ2v) is 10.3. The topological polar surface area (TPSA) is 94.6 Å². The number of aromatic nitrogens is 2. The third-order valence-electron chi connectivity index (χ3n) is 5.21. The standard InChI is InChI=1S/C23H27FN4O4S/c1-14-9-16(28-33(3,4)29)11-19-22(14)23(26-13-25-19)27-18-7-5-15(24)10-20(18)32-17-6-8-21(30-2)31-12-17/h5,7,9-11,13,17,21H,3,6,8,12H2,1-2,4H3,(H,28,29)(H,25,26,27). The second kappa shape index (κ2) is 9.50. The quantitative estimate of drug-likeness (QED) is 0.500. The maximum absolute atomic E-state index is 14.0. The molecule has 2 N–H and O–H groups in total. The third-order valence-corrected chi connectivity index (χ3v) is 5.88. The van der Waals surface area contributed by atoms with Gasteiger partial charge in [-0.1, -0.05) is 0 Å². The van der Waals surface area contributed by atoms with Crippen LogP contribution in [0.5, 0.6) is 5.75 Å². The molecular weight excluding hydrogens is 447 g/mol. The molecule has 2 heterocycles. The van der Waals surface area contributed by atoms with E-state index in [1.807, 2.05) is 13.0 Å². The highest BCUT2D eigenvalue weighted by molar-refractivity contribution is 8.00. The maximum atomic E-state index is 14.0. The summed E-state index contributed by atoms with van der Waals surface area (Å²) in [6.07, 6.45) is 3.93. The molecule has 0 radical (unpaired) electrons. The predicted molar refractivity (Wildman–Crippen MR) is 129 cm³/mol. The van der Waals surface area contributed by atoms with Crippen molar-refractivity contribution in [3.8, 4) is 5.75 Å². The van der Waals surface area contributed by atoms with Gasteiger partial charge in [-0.15, -0.1) is 0 Å². The molecule has 0 bridgehead atoms. The molecule has 1 aliphatic rings. The Bertz CT molecular complexity index is 1260. The summed E-state index contributed by atoms with van der Waals surface area (Å²) in [5.74, 6) is 4.14. The van der Waals surface area contributed by atoms with E-state index in [1.54, 1.807) is 19.2 Å². The molecule has 10 heteroatoms. The molecule has 4 rings (SSSR count). The van der Waals surface area contributed by atoms with Gasteiger partial charge in [-0.25, -0.2) is 18.6 Å². The Morgan fingerprint density at radius 3 is 2.76 bits per heavy atom. The van der Waals surface area contributed by atoms with Gasteiger partial charge >= 0.3 is 0 Å². The van der Waals surface area contributed by atoms with Crippen molar-refractivity contribution in [3.05, 3.63) is 48.0 Å². The fraction of sp³-hybridized carbons (Fsp3) is 0.348. The maximum Gasteiger partial charge on any atom is 0.157 e. The van der Waals surface area contributed by atoms with Crippen molar-refractivity contribution in [2.75, 3.05) is 30.0 Å². The van der Waals surface area contributed by atoms with Gasteiger partial charge in [0.05, 0.1) is 17.8 Å². The average Bonchev–Trinajstić information content (AvgIpc) is 2.75. The number of aryl methyl sites for hydroxylation is 1. The molecule has 3 aromatic rings. The van der Waals surface area contributed by atoms with Crippen molar-refractivity contribution in [1.29, 1.82) is 0 Å². The second-order valence-electron chi connectivity index (χ2n) is 8.10. The lowest BCUT2D eigenvalue weighted by Gasteiger charge is -2.29. The SMILES string of the molecule is C=S(C)(=O)Nc1cc(C)c2c(Nc3ccc(F)cc3OC3CCC(OC)OC3)ncnc2c1. The van der Waals surface area contributed by atoms with E-state index >= 15 is 0 Å². The van der Waals surface area contributed by atoms with Crippen LogP contribution in [0, 0.1) is 12.7 Å². The first-order valence-electron chi connectivity index (χ1n) is 10.4. The zero-order valence-electron chi connectivity index (χ0n) is 18.8. The Hall–Kier alpha value is -2.95. The molecule has 2 aromatic carbocycles. The van der Waals surface area contributed by atoms with Crippen molar-refractivity contribution in [1.82, 2.24) is 9.97 Å². The lowest BCUT2D eigenvalue weighted by molar-refractivity contribution is -0.168. The molecule has 0 aliphatic carbocycles. The number of methoxy groups -OCH3 is 1. The molecule has 3 atom stereocenters. The molecule has 1 saturated heterocycles. The summed E-state index contributed by atoms with van der Waals surface area (Å²) >= 11 is 0. The Morgan fingerprint density at radius 1 is 1.24 bits per heavy atom. The van der Waals surface area contributed by atoms with E-state index in [0.717, 1.165) is 17.4 Å². The Balaban J connectivity index is 1.63. The number of nitrogens with one attached hydrogen (secondary N) is 2. The van der Waals surface area contributed by atoms with Gasteiger partial charge in [-0.05, 0) is 49.0 Å². The molecule has 176 valence electrons. The largest absolute Gasteiger partial charge is 0.486 e. The number of hydrogen-bond acceptors (Lipinski definition) is 7. The van der Waals surface area contributed by atoms with Crippen molar-refractivity contribution < 1.29 is 22.8 Å². The van der Waals surface area contributed by atoms with E-state index in [0.29, 0.717) is 41.5 Å². The van der Waals surface area contributed by atoms with E-state index in [9.17, 15) is 8.60 Å². The van der Waals surface area contributed by atoms with Crippen LogP contribution in [0.25, 0.3) is 10.9 Å². The van der Waals surface area contributed by atoms with Crippen LogP contribution in [-0.2, 0) is 19.2 Å². The van der Waals surface area contributed by atoms with Crippen LogP contribution in [0.4, 0.5) is 21.6 Å². The monoisotopic (exact) mass is 474 g/mol. The summed E-state index contributed by atoms with van der Waals surface area (Å²) in [4.78, 5) is 8.75. The highest BCUT2D eigenvalue weighted by Crippen LogP contribution is 2.34. The van der Waals surface area contributed by atoms with Gasteiger partial charge in [0.2, 0.25) is 0 Å². The van der Waals surface area contributed by atoms with Gasteiger partial charge in [0.25, 0.3) is 0 Å². The summed E-state index contributed by atoms with van der Waals surface area (Å²) in [5, 5.41) is 4.05. The van der Waals surface area contributed by atoms with Crippen molar-refractivity contribution in [2.24, 2.45) is 0 Å². The minimum absolute atomic E-state index is 0.220. The van der Waals surface area contributed by atoms with Crippen LogP contribution in [0.15, 0.2) is 36.7 Å². The summed E-state index contributed by atoms with van der Waals surface area (Å²) in [5.41, 5.74) is 2.76. The zero-order valence-corrected chi connectivity index (χ0v) is 19.6. The van der Waals surface area contributed by atoms with Crippen LogP contribution < -0.4 is 14.8 Å². The molecule has 8 nitrogen and oxygen atoms in total. The lowest BCUT2D eigenvalue weighted by atomic mass is 10.1. The van der Waals surface area contributed by atoms with E-state index in [2.05, 4.69) is 25.9 Å². The number of rotatable bonds is 7. The van der Waals surface area contributed by atoms with Gasteiger partial charge in [0.15, 0.2) is 6.29 Å². The van der Waals surface area contributed by atoms with Crippen molar-refractivity contribution in [3.63, 3.8) is 0 Å². The van der Waals surface area contributed by atoms with Gasteiger partial charge in [-0.2, -0.15) is 0 Å². The minimum atomic E-state index is -2.43. The van der Waals surface area contributed by atoms with Gasteiger partial charge in [0.1, 0.15) is 29.8 Å². The van der Waals surface area contributed by atoms with Crippen molar-refractivity contribution >= 4 is 43.7 Å². The molecule has 1 fully saturated rings. The van der Waals surface area contributed by atoms with Crippen LogP contribution in [0.2, 0.25) is 0 Å². The van der Waals surface area contributed by atoms with E-state index in [-0.39, 0.29) is 12.4 Å². The van der Waals surface area contributed by atoms with Crippen LogP contribution in [-0.4, -0.2) is 52.4 Å². The number of nitrogens with zero attached hydrogens (tertiary/aromatic N) is 2. The summed E-state index contributed by atoms with van der Waals surface area (Å²) in [7, 11) is -0.825. The van der Waals surface area contributed by atoms with Crippen LogP contribution in [0.3, 0.4) is 0 Å². The van der Waals surface area contributed by atoms with E-state index in [4.69, 9.17) is 14.2 Å². The first-order chi connectivity index (χ1) is 15.7. The summed E-state index contributed by atoms with van der Waals surface area (Å²) < 4.78 is 45.9. The van der Waals surface area contributed by atoms with Crippen LogP contribution in [0.1, 0.15) is 18.4 Å². The zero-order chi connectivity index (χ0) is 23.6. The Morgan fingerprint density at radius 2 is 2.06 bits per heavy atom. The number of ether oxygens (including phenoxy) is 3. The number of halogens is 1. The van der Waals surface area contributed by atoms with E-state index in [1.165, 1.54) is 24.7 Å². The first kappa shape index (κ1) is 23.2. The summed E-state index contributed by atoms with van der Waals surface area (Å²) in [6.45, 7) is 2.27. The number of benzene rings is 2. The average molecular weight is 475 g/mol. The molecule has 33 heavy (non-hydrogen) atoms. The van der Waals surface area contributed by atoms with Crippen LogP contribution >= 0.6 is 0 Å². The lowest BCUT2D eigenvalue weighted by Crippen LogP contribution is -2.34. The molecule has 0 saturated carbocycles. The normalized spacial score (nSPS) is 20.2. The van der Waals surface area contributed by atoms with E-state index < -0.39 is 15.5 Å². The molecular formula is C23H27FN4O4S. The third kappa shape index (κ3) is 5.70. The first-order valence-corrected chi connectivity index (χ1v) is 12.6. The molecule has 0 spiro atoms.